The van der Waals surface area contributed by atoms with Gasteiger partial charge in [-0.05, 0) is 43.5 Å². The van der Waals surface area contributed by atoms with E-state index in [1.807, 2.05) is 6.92 Å². The van der Waals surface area contributed by atoms with Crippen LogP contribution in [0.15, 0.2) is 40.2 Å². The first-order chi connectivity index (χ1) is 15.5. The van der Waals surface area contributed by atoms with Gasteiger partial charge in [0.15, 0.2) is 0 Å². The van der Waals surface area contributed by atoms with Crippen molar-refractivity contribution in [2.24, 2.45) is 16.1 Å². The molecule has 35 heavy (non-hydrogen) atoms. The highest BCUT2D eigenvalue weighted by molar-refractivity contribution is 7.59. The molecule has 0 saturated carbocycles. The summed E-state index contributed by atoms with van der Waals surface area (Å²) < 4.78 is 52.3. The summed E-state index contributed by atoms with van der Waals surface area (Å²) >= 11 is 0. The van der Waals surface area contributed by atoms with Crippen LogP contribution in [0.25, 0.3) is 0 Å². The lowest BCUT2D eigenvalue weighted by Crippen LogP contribution is -2.48. The van der Waals surface area contributed by atoms with Crippen LogP contribution in [0, 0.1) is 11.7 Å². The summed E-state index contributed by atoms with van der Waals surface area (Å²) in [5.41, 5.74) is -0.810. The quantitative estimate of drug-likeness (QED) is 0.444. The maximum Gasteiger partial charge on any atom is 0.419 e. The number of hydrogen-bond donors (Lipinski definition) is 1. The number of amides is 2. The van der Waals surface area contributed by atoms with Crippen molar-refractivity contribution >= 4 is 44.6 Å². The molecule has 0 spiro atoms. The first kappa shape index (κ1) is 30.6. The van der Waals surface area contributed by atoms with Gasteiger partial charge in [-0.1, -0.05) is 13.0 Å². The number of alkyl halides is 3. The molecule has 1 unspecified atom stereocenters. The van der Waals surface area contributed by atoms with E-state index >= 15 is 0 Å². The van der Waals surface area contributed by atoms with E-state index in [1.54, 1.807) is 13.0 Å². The number of benzene rings is 1. The minimum Gasteiger partial charge on any atom is -0.339 e. The minimum absolute atomic E-state index is 0. The lowest BCUT2D eigenvalue weighted by molar-refractivity contribution is -0.147. The van der Waals surface area contributed by atoms with Crippen LogP contribution < -0.4 is 5.32 Å². The Labute approximate surface area is 214 Å². The van der Waals surface area contributed by atoms with Crippen LogP contribution in [-0.4, -0.2) is 47.7 Å². The predicted octanol–water partition coefficient (Wildman–Crippen LogP) is 3.66. The van der Waals surface area contributed by atoms with Gasteiger partial charge in [0.1, 0.15) is 11.6 Å². The van der Waals surface area contributed by atoms with Crippen molar-refractivity contribution in [3.05, 3.63) is 46.9 Å². The zero-order valence-electron chi connectivity index (χ0n) is 19.2. The highest BCUT2D eigenvalue weighted by atomic mass is 32.1. The van der Waals surface area contributed by atoms with Crippen LogP contribution in [0.5, 0.6) is 0 Å². The summed E-state index contributed by atoms with van der Waals surface area (Å²) in [5.74, 6) is -4.03. The molecule has 13 heteroatoms. The SMILES string of the molecule is CCC(NC(=O)C(=O)N1CC[C@H](C(=O)Cc2ccc(F)c(C(F)(F)F)c2)[C@@H]1C)C1=CCN=N1.S.S. The lowest BCUT2D eigenvalue weighted by Gasteiger charge is -2.25. The van der Waals surface area contributed by atoms with Crippen LogP contribution in [0.4, 0.5) is 17.6 Å². The molecule has 194 valence electrons. The van der Waals surface area contributed by atoms with Gasteiger partial charge in [0, 0.05) is 24.9 Å². The average molecular weight is 537 g/mol. The number of Topliss-reactive ketones (excluding diaryl/α,β-unsaturated/α-hetero) is 1. The van der Waals surface area contributed by atoms with Gasteiger partial charge in [-0.15, -0.1) is 0 Å². The standard InChI is InChI=1S/C22H24F4N4O3.2H2S/c1-3-17(18-6-8-27-29-18)28-20(32)21(33)30-9-7-14(12(30)2)19(31)11-13-4-5-16(23)15(10-13)22(24,25)26;;/h4-6,10,12,14,17H,3,7-9,11H2,1-2H3,(H,28,32);2*1H2/t12-,14-,17?;;/m0../s1. The third kappa shape index (κ3) is 7.06. The fourth-order valence-electron chi connectivity index (χ4n) is 4.13. The lowest BCUT2D eigenvalue weighted by atomic mass is 9.91. The molecule has 0 aromatic heterocycles. The van der Waals surface area contributed by atoms with Crippen LogP contribution >= 0.6 is 27.0 Å². The van der Waals surface area contributed by atoms with E-state index in [9.17, 15) is 31.9 Å². The van der Waals surface area contributed by atoms with Gasteiger partial charge in [-0.25, -0.2) is 4.39 Å². The van der Waals surface area contributed by atoms with Gasteiger partial charge in [0.05, 0.1) is 23.8 Å². The van der Waals surface area contributed by atoms with E-state index < -0.39 is 47.4 Å². The molecule has 3 rings (SSSR count). The van der Waals surface area contributed by atoms with E-state index in [0.29, 0.717) is 30.8 Å². The monoisotopic (exact) mass is 536 g/mol. The molecule has 1 aromatic carbocycles. The highest BCUT2D eigenvalue weighted by Crippen LogP contribution is 2.33. The Kier molecular flexibility index (Phi) is 11.0. The van der Waals surface area contributed by atoms with Crippen molar-refractivity contribution in [2.45, 2.75) is 51.4 Å². The van der Waals surface area contributed by atoms with E-state index in [1.165, 1.54) is 4.90 Å². The molecule has 1 fully saturated rings. The number of ketones is 1. The Morgan fingerprint density at radius 1 is 1.23 bits per heavy atom. The van der Waals surface area contributed by atoms with Gasteiger partial charge in [-0.3, -0.25) is 14.4 Å². The number of nitrogens with zero attached hydrogens (tertiary/aromatic N) is 3. The minimum atomic E-state index is -4.87. The van der Waals surface area contributed by atoms with Gasteiger partial charge >= 0.3 is 18.0 Å². The summed E-state index contributed by atoms with van der Waals surface area (Å²) in [6.07, 6.45) is -2.65. The Bertz CT molecular complexity index is 1020. The number of likely N-dealkylation sites (tertiary alicyclic amines) is 1. The molecule has 0 radical (unpaired) electrons. The van der Waals surface area contributed by atoms with E-state index in [2.05, 4.69) is 15.5 Å². The summed E-state index contributed by atoms with van der Waals surface area (Å²) in [7, 11) is 0. The van der Waals surface area contributed by atoms with Crippen LogP contribution in [0.3, 0.4) is 0 Å². The molecule has 2 aliphatic rings. The number of azo groups is 1. The van der Waals surface area contributed by atoms with Crippen LogP contribution in [-0.2, 0) is 27.0 Å². The molecule has 0 aliphatic carbocycles. The van der Waals surface area contributed by atoms with E-state index in [0.717, 1.165) is 6.07 Å². The molecule has 0 bridgehead atoms. The summed E-state index contributed by atoms with van der Waals surface area (Å²) in [4.78, 5) is 39.3. The summed E-state index contributed by atoms with van der Waals surface area (Å²) in [6.45, 7) is 4.04. The molecule has 1 N–H and O–H groups in total. The summed E-state index contributed by atoms with van der Waals surface area (Å²) in [5, 5.41) is 10.4. The molecular weight excluding hydrogens is 508 g/mol. The molecule has 1 saturated heterocycles. The van der Waals surface area contributed by atoms with E-state index in [-0.39, 0.29) is 57.7 Å². The maximum atomic E-state index is 13.5. The highest BCUT2D eigenvalue weighted by Gasteiger charge is 2.40. The first-order valence-corrected chi connectivity index (χ1v) is 10.6. The second-order valence-corrected chi connectivity index (χ2v) is 8.08. The Morgan fingerprint density at radius 3 is 2.49 bits per heavy atom. The smallest absolute Gasteiger partial charge is 0.339 e. The Morgan fingerprint density at radius 2 is 1.91 bits per heavy atom. The van der Waals surface area contributed by atoms with Gasteiger partial charge < -0.3 is 10.2 Å². The maximum absolute atomic E-state index is 13.5. The van der Waals surface area contributed by atoms with Crippen LogP contribution in [0.1, 0.15) is 37.8 Å². The first-order valence-electron chi connectivity index (χ1n) is 10.6. The molecule has 2 amide bonds. The zero-order chi connectivity index (χ0) is 24.3. The fourth-order valence-corrected chi connectivity index (χ4v) is 4.13. The number of rotatable bonds is 6. The van der Waals surface area contributed by atoms with Crippen molar-refractivity contribution in [1.82, 2.24) is 10.2 Å². The molecule has 7 nitrogen and oxygen atoms in total. The van der Waals surface area contributed by atoms with Crippen LogP contribution in [0.2, 0.25) is 0 Å². The van der Waals surface area contributed by atoms with Gasteiger partial charge in [0.25, 0.3) is 0 Å². The van der Waals surface area contributed by atoms with Gasteiger partial charge in [-0.2, -0.15) is 50.4 Å². The number of carbonyl (C=O) groups excluding carboxylic acids is 3. The second kappa shape index (κ2) is 12.5. The van der Waals surface area contributed by atoms with E-state index in [4.69, 9.17) is 0 Å². The Balaban J connectivity index is 0.00000306. The largest absolute Gasteiger partial charge is 0.419 e. The molecule has 3 atom stereocenters. The number of nitrogens with one attached hydrogen (secondary N) is 1. The average Bonchev–Trinajstić information content (AvgIpc) is 3.42. The molecule has 1 aromatic rings. The van der Waals surface area contributed by atoms with Crippen molar-refractivity contribution in [2.75, 3.05) is 13.1 Å². The third-order valence-electron chi connectivity index (χ3n) is 5.98. The van der Waals surface area contributed by atoms with Crippen molar-refractivity contribution in [3.63, 3.8) is 0 Å². The van der Waals surface area contributed by atoms with Crippen molar-refractivity contribution < 1.29 is 31.9 Å². The number of hydrogen-bond acceptors (Lipinski definition) is 5. The normalized spacial score (nSPS) is 19.9. The predicted molar refractivity (Wildman–Crippen MR) is 130 cm³/mol. The summed E-state index contributed by atoms with van der Waals surface area (Å²) in [6, 6.07) is 1.39. The molecule has 2 heterocycles. The number of carbonyl (C=O) groups is 3. The molecular formula is C22H28F4N4O3S2. The third-order valence-corrected chi connectivity index (χ3v) is 5.98. The fraction of sp³-hybridized carbons (Fsp3) is 0.500. The molecule has 2 aliphatic heterocycles. The topological polar surface area (TPSA) is 91.2 Å². The van der Waals surface area contributed by atoms with Gasteiger partial charge in [0.2, 0.25) is 0 Å². The number of halogens is 4. The zero-order valence-corrected chi connectivity index (χ0v) is 21.2. The Hall–Kier alpha value is -2.41. The van der Waals surface area contributed by atoms with Crippen molar-refractivity contribution in [1.29, 1.82) is 0 Å². The second-order valence-electron chi connectivity index (χ2n) is 8.08. The van der Waals surface area contributed by atoms with Crippen molar-refractivity contribution in [3.8, 4) is 0 Å².